The van der Waals surface area contributed by atoms with Crippen LogP contribution >= 0.6 is 11.3 Å². The smallest absolute Gasteiger partial charge is 0.185 e. The molecule has 0 fully saturated rings. The first-order chi connectivity index (χ1) is 10.0. The van der Waals surface area contributed by atoms with Crippen LogP contribution < -0.4 is 10.2 Å². The number of thiazole rings is 1. The minimum Gasteiger partial charge on any atom is -0.383 e. The molecule has 1 N–H and O–H groups in total. The van der Waals surface area contributed by atoms with Gasteiger partial charge in [-0.25, -0.2) is 4.98 Å². The van der Waals surface area contributed by atoms with E-state index in [1.165, 1.54) is 10.6 Å². The maximum Gasteiger partial charge on any atom is 0.185 e. The summed E-state index contributed by atoms with van der Waals surface area (Å²) in [6.07, 6.45) is 2.29. The van der Waals surface area contributed by atoms with Crippen molar-refractivity contribution in [2.45, 2.75) is 59.0 Å². The van der Waals surface area contributed by atoms with Crippen LogP contribution in [0.25, 0.3) is 0 Å². The number of anilines is 1. The van der Waals surface area contributed by atoms with Gasteiger partial charge in [0.25, 0.3) is 0 Å². The van der Waals surface area contributed by atoms with Crippen LogP contribution in [-0.4, -0.2) is 38.3 Å². The number of nitrogens with one attached hydrogen (secondary N) is 1. The zero-order valence-electron chi connectivity index (χ0n) is 14.4. The Bertz CT molecular complexity index is 408. The molecule has 0 amide bonds. The molecule has 1 aromatic heterocycles. The summed E-state index contributed by atoms with van der Waals surface area (Å²) in [4.78, 5) is 8.52. The fourth-order valence-electron chi connectivity index (χ4n) is 2.13. The van der Waals surface area contributed by atoms with E-state index in [2.05, 4.69) is 45.0 Å². The summed E-state index contributed by atoms with van der Waals surface area (Å²) in [6.45, 7) is 11.6. The van der Waals surface area contributed by atoms with Crippen LogP contribution in [0.2, 0.25) is 0 Å². The summed E-state index contributed by atoms with van der Waals surface area (Å²) in [6, 6.07) is 0.336. The lowest BCUT2D eigenvalue weighted by Crippen LogP contribution is -2.32. The molecule has 0 saturated carbocycles. The first kappa shape index (κ1) is 18.4. The van der Waals surface area contributed by atoms with Gasteiger partial charge in [-0.2, -0.15) is 0 Å². The molecule has 21 heavy (non-hydrogen) atoms. The van der Waals surface area contributed by atoms with Gasteiger partial charge in [0, 0.05) is 25.6 Å². The van der Waals surface area contributed by atoms with Crippen LogP contribution in [0.5, 0.6) is 0 Å². The molecular weight excluding hydrogens is 282 g/mol. The Morgan fingerprint density at radius 2 is 2.05 bits per heavy atom. The number of rotatable bonds is 10. The predicted octanol–water partition coefficient (Wildman–Crippen LogP) is 3.63. The quantitative estimate of drug-likeness (QED) is 0.669. The molecule has 2 atom stereocenters. The first-order valence-corrected chi connectivity index (χ1v) is 8.78. The van der Waals surface area contributed by atoms with E-state index in [0.29, 0.717) is 12.0 Å². The van der Waals surface area contributed by atoms with Crippen molar-refractivity contribution in [3.63, 3.8) is 0 Å². The molecule has 0 aliphatic heterocycles. The van der Waals surface area contributed by atoms with E-state index in [-0.39, 0.29) is 0 Å². The van der Waals surface area contributed by atoms with Crippen molar-refractivity contribution in [1.29, 1.82) is 0 Å². The second-order valence-electron chi connectivity index (χ2n) is 5.71. The molecule has 1 heterocycles. The average molecular weight is 314 g/mol. The van der Waals surface area contributed by atoms with E-state index in [9.17, 15) is 0 Å². The number of hydrogen-bond acceptors (Lipinski definition) is 5. The lowest BCUT2D eigenvalue weighted by atomic mass is 10.0. The summed E-state index contributed by atoms with van der Waals surface area (Å²) in [5.41, 5.74) is 1.26. The number of nitrogens with zero attached hydrogens (tertiary/aromatic N) is 2. The predicted molar refractivity (Wildman–Crippen MR) is 92.6 cm³/mol. The SMILES string of the molecule is CCCNCc1sc(N(C)C(C)COC)nc1C(C)CC. The van der Waals surface area contributed by atoms with Gasteiger partial charge in [-0.05, 0) is 32.2 Å². The molecule has 0 aliphatic rings. The third-order valence-corrected chi connectivity index (χ3v) is 5.04. The van der Waals surface area contributed by atoms with Gasteiger partial charge in [0.2, 0.25) is 0 Å². The molecule has 2 unspecified atom stereocenters. The zero-order valence-corrected chi connectivity index (χ0v) is 15.2. The molecule has 5 heteroatoms. The fraction of sp³-hybridized carbons (Fsp3) is 0.812. The fourth-order valence-corrected chi connectivity index (χ4v) is 3.34. The van der Waals surface area contributed by atoms with Crippen molar-refractivity contribution in [3.8, 4) is 0 Å². The molecule has 1 aromatic rings. The molecule has 0 aliphatic carbocycles. The van der Waals surface area contributed by atoms with Gasteiger partial charge < -0.3 is 15.0 Å². The van der Waals surface area contributed by atoms with Crippen LogP contribution in [-0.2, 0) is 11.3 Å². The maximum atomic E-state index is 5.25. The van der Waals surface area contributed by atoms with Gasteiger partial charge in [-0.3, -0.25) is 0 Å². The molecule has 122 valence electrons. The monoisotopic (exact) mass is 313 g/mol. The van der Waals surface area contributed by atoms with Gasteiger partial charge in [-0.15, -0.1) is 11.3 Å². The highest BCUT2D eigenvalue weighted by Crippen LogP contribution is 2.32. The summed E-state index contributed by atoms with van der Waals surface area (Å²) in [7, 11) is 3.85. The number of aromatic nitrogens is 1. The van der Waals surface area contributed by atoms with Crippen molar-refractivity contribution in [2.24, 2.45) is 0 Å². The highest BCUT2D eigenvalue weighted by atomic mass is 32.1. The molecule has 0 aromatic carbocycles. The summed E-state index contributed by atoms with van der Waals surface area (Å²) < 4.78 is 5.25. The van der Waals surface area contributed by atoms with Crippen molar-refractivity contribution in [1.82, 2.24) is 10.3 Å². The Balaban J connectivity index is 2.90. The second kappa shape index (κ2) is 9.38. The Morgan fingerprint density at radius 3 is 2.62 bits per heavy atom. The molecule has 4 nitrogen and oxygen atoms in total. The highest BCUT2D eigenvalue weighted by molar-refractivity contribution is 7.15. The third kappa shape index (κ3) is 5.24. The minimum atomic E-state index is 0.336. The Morgan fingerprint density at radius 1 is 1.33 bits per heavy atom. The largest absolute Gasteiger partial charge is 0.383 e. The number of ether oxygens (including phenoxy) is 1. The van der Waals surface area contributed by atoms with Gasteiger partial charge in [0.05, 0.1) is 18.3 Å². The number of likely N-dealkylation sites (N-methyl/N-ethyl adjacent to an activating group) is 1. The first-order valence-electron chi connectivity index (χ1n) is 7.97. The minimum absolute atomic E-state index is 0.336. The summed E-state index contributed by atoms with van der Waals surface area (Å²) in [5.74, 6) is 0.513. The third-order valence-electron chi connectivity index (χ3n) is 3.88. The topological polar surface area (TPSA) is 37.4 Å². The normalized spacial score (nSPS) is 14.2. The number of hydrogen-bond donors (Lipinski definition) is 1. The molecule has 0 radical (unpaired) electrons. The van der Waals surface area contributed by atoms with Gasteiger partial charge >= 0.3 is 0 Å². The van der Waals surface area contributed by atoms with E-state index < -0.39 is 0 Å². The van der Waals surface area contributed by atoms with Crippen LogP contribution in [0.4, 0.5) is 5.13 Å². The summed E-state index contributed by atoms with van der Waals surface area (Å²) >= 11 is 1.81. The van der Waals surface area contributed by atoms with E-state index >= 15 is 0 Å². The standard InChI is InChI=1S/C16H31N3OS/c1-7-9-17-10-14-15(12(3)8-2)18-16(21-14)19(5)13(4)11-20-6/h12-13,17H,7-11H2,1-6H3. The van der Waals surface area contributed by atoms with Crippen molar-refractivity contribution in [2.75, 3.05) is 32.2 Å². The van der Waals surface area contributed by atoms with Gasteiger partial charge in [0.1, 0.15) is 0 Å². The van der Waals surface area contributed by atoms with Crippen molar-refractivity contribution < 1.29 is 4.74 Å². The molecule has 1 rings (SSSR count). The van der Waals surface area contributed by atoms with Crippen LogP contribution in [0, 0.1) is 0 Å². The lowest BCUT2D eigenvalue weighted by Gasteiger charge is -2.23. The van der Waals surface area contributed by atoms with E-state index in [0.717, 1.165) is 37.7 Å². The molecular formula is C16H31N3OS. The molecule has 0 spiro atoms. The molecule has 0 bridgehead atoms. The average Bonchev–Trinajstić information content (AvgIpc) is 2.90. The van der Waals surface area contributed by atoms with Gasteiger partial charge in [-0.1, -0.05) is 20.8 Å². The molecule has 0 saturated heterocycles. The Labute approximate surface area is 133 Å². The lowest BCUT2D eigenvalue weighted by molar-refractivity contribution is 0.183. The highest BCUT2D eigenvalue weighted by Gasteiger charge is 2.20. The Hall–Kier alpha value is -0.650. The number of methoxy groups -OCH3 is 1. The van der Waals surface area contributed by atoms with Crippen LogP contribution in [0.1, 0.15) is 57.0 Å². The van der Waals surface area contributed by atoms with E-state index in [1.54, 1.807) is 7.11 Å². The second-order valence-corrected chi connectivity index (χ2v) is 6.77. The zero-order chi connectivity index (χ0) is 15.8. The maximum absolute atomic E-state index is 5.25. The van der Waals surface area contributed by atoms with Crippen LogP contribution in [0.3, 0.4) is 0 Å². The van der Waals surface area contributed by atoms with E-state index in [1.807, 2.05) is 11.3 Å². The van der Waals surface area contributed by atoms with Crippen LogP contribution in [0.15, 0.2) is 0 Å². The van der Waals surface area contributed by atoms with Crippen molar-refractivity contribution >= 4 is 16.5 Å². The van der Waals surface area contributed by atoms with Crippen molar-refractivity contribution in [3.05, 3.63) is 10.6 Å². The summed E-state index contributed by atoms with van der Waals surface area (Å²) in [5, 5.41) is 4.60. The van der Waals surface area contributed by atoms with Gasteiger partial charge in [0.15, 0.2) is 5.13 Å². The Kier molecular flexibility index (Phi) is 8.22. The van der Waals surface area contributed by atoms with E-state index in [4.69, 9.17) is 9.72 Å².